The number of nitrogen functional groups attached to an aromatic ring is 1. The molecule has 4 N–H and O–H groups in total. The molecule has 0 spiro atoms. The Bertz CT molecular complexity index is 529. The van der Waals surface area contributed by atoms with Gasteiger partial charge in [-0.2, -0.15) is 0 Å². The van der Waals surface area contributed by atoms with E-state index >= 15 is 0 Å². The number of hydrogen-bond acceptors (Lipinski definition) is 5. The van der Waals surface area contributed by atoms with Gasteiger partial charge < -0.3 is 15.6 Å². The molecule has 108 valence electrons. The van der Waals surface area contributed by atoms with E-state index in [1.54, 1.807) is 26.0 Å². The van der Waals surface area contributed by atoms with Crippen molar-refractivity contribution in [3.05, 3.63) is 23.3 Å². The van der Waals surface area contributed by atoms with E-state index in [9.17, 15) is 8.42 Å². The van der Waals surface area contributed by atoms with E-state index in [0.29, 0.717) is 5.56 Å². The molecule has 0 saturated heterocycles. The molecule has 0 heterocycles. The highest BCUT2D eigenvalue weighted by molar-refractivity contribution is 7.89. The molecular formula is C12H20N2O4S. The Morgan fingerprint density at radius 1 is 1.26 bits per heavy atom. The van der Waals surface area contributed by atoms with Gasteiger partial charge in [-0.25, -0.2) is 13.1 Å². The fourth-order valence-corrected chi connectivity index (χ4v) is 3.09. The number of anilines is 1. The van der Waals surface area contributed by atoms with Crippen LogP contribution in [0.4, 0.5) is 5.69 Å². The fraction of sp³-hybridized carbons (Fsp3) is 0.500. The van der Waals surface area contributed by atoms with Crippen molar-refractivity contribution in [2.75, 3.05) is 32.1 Å². The predicted octanol–water partition coefficient (Wildman–Crippen LogP) is 0.173. The molecule has 6 nitrogen and oxygen atoms in total. The minimum atomic E-state index is -3.65. The Morgan fingerprint density at radius 3 is 2.53 bits per heavy atom. The number of aryl methyl sites for hydroxylation is 2. The maximum absolute atomic E-state index is 12.2. The van der Waals surface area contributed by atoms with Gasteiger partial charge in [-0.05, 0) is 25.0 Å². The summed E-state index contributed by atoms with van der Waals surface area (Å²) in [5.41, 5.74) is 7.43. The van der Waals surface area contributed by atoms with Gasteiger partial charge >= 0.3 is 0 Å². The SMILES string of the molecule is Cc1ccc(C)c(S(=O)(=O)NCCOCCO)c1N. The first-order valence-corrected chi connectivity index (χ1v) is 7.42. The third kappa shape index (κ3) is 4.17. The second-order valence-electron chi connectivity index (χ2n) is 4.18. The standard InChI is InChI=1S/C12H20N2O4S/c1-9-3-4-10(2)12(11(9)13)19(16,17)14-5-7-18-8-6-15/h3-4,14-15H,5-8,13H2,1-2H3. The molecule has 19 heavy (non-hydrogen) atoms. The van der Waals surface area contributed by atoms with E-state index < -0.39 is 10.0 Å². The molecule has 0 bridgehead atoms. The Labute approximate surface area is 113 Å². The highest BCUT2D eigenvalue weighted by Gasteiger charge is 2.20. The topological polar surface area (TPSA) is 102 Å². The quantitative estimate of drug-likeness (QED) is 0.490. The highest BCUT2D eigenvalue weighted by atomic mass is 32.2. The summed E-state index contributed by atoms with van der Waals surface area (Å²) >= 11 is 0. The van der Waals surface area contributed by atoms with Crippen LogP contribution < -0.4 is 10.5 Å². The summed E-state index contributed by atoms with van der Waals surface area (Å²) in [7, 11) is -3.65. The van der Waals surface area contributed by atoms with Crippen LogP contribution in [0.2, 0.25) is 0 Å². The zero-order valence-corrected chi connectivity index (χ0v) is 12.0. The number of nitrogens with two attached hydrogens (primary N) is 1. The fourth-order valence-electron chi connectivity index (χ4n) is 1.65. The smallest absolute Gasteiger partial charge is 0.242 e. The van der Waals surface area contributed by atoms with Crippen molar-refractivity contribution < 1.29 is 18.3 Å². The molecule has 0 aliphatic carbocycles. The van der Waals surface area contributed by atoms with E-state index in [1.165, 1.54) is 0 Å². The Balaban J connectivity index is 2.81. The van der Waals surface area contributed by atoms with Crippen LogP contribution in [0.15, 0.2) is 17.0 Å². The molecule has 1 aromatic carbocycles. The molecule has 0 aliphatic heterocycles. The van der Waals surface area contributed by atoms with Gasteiger partial charge in [0, 0.05) is 6.54 Å². The van der Waals surface area contributed by atoms with Gasteiger partial charge in [0.25, 0.3) is 0 Å². The van der Waals surface area contributed by atoms with Crippen molar-refractivity contribution in [2.45, 2.75) is 18.7 Å². The molecule has 0 atom stereocenters. The van der Waals surface area contributed by atoms with Crippen molar-refractivity contribution in [3.8, 4) is 0 Å². The molecule has 0 unspecified atom stereocenters. The molecular weight excluding hydrogens is 268 g/mol. The van der Waals surface area contributed by atoms with Gasteiger partial charge in [-0.15, -0.1) is 0 Å². The minimum Gasteiger partial charge on any atom is -0.397 e. The van der Waals surface area contributed by atoms with Crippen LogP contribution in [-0.2, 0) is 14.8 Å². The van der Waals surface area contributed by atoms with Crippen molar-refractivity contribution in [1.82, 2.24) is 4.72 Å². The van der Waals surface area contributed by atoms with Gasteiger partial charge in [0.1, 0.15) is 4.90 Å². The molecule has 1 rings (SSSR count). The first-order valence-electron chi connectivity index (χ1n) is 5.94. The van der Waals surface area contributed by atoms with Crippen LogP contribution in [0.3, 0.4) is 0 Å². The lowest BCUT2D eigenvalue weighted by Crippen LogP contribution is -2.29. The lowest BCUT2D eigenvalue weighted by Gasteiger charge is -2.13. The number of rotatable bonds is 7. The maximum atomic E-state index is 12.2. The lowest BCUT2D eigenvalue weighted by atomic mass is 10.1. The lowest BCUT2D eigenvalue weighted by molar-refractivity contribution is 0.0961. The average Bonchev–Trinajstić information content (AvgIpc) is 2.34. The number of hydrogen-bond donors (Lipinski definition) is 3. The molecule has 1 aromatic rings. The van der Waals surface area contributed by atoms with Gasteiger partial charge in [0.15, 0.2) is 0 Å². The predicted molar refractivity (Wildman–Crippen MR) is 73.4 cm³/mol. The number of ether oxygens (including phenoxy) is 1. The molecule has 0 amide bonds. The Hall–Kier alpha value is -1.15. The van der Waals surface area contributed by atoms with Crippen molar-refractivity contribution in [1.29, 1.82) is 0 Å². The number of benzene rings is 1. The zero-order chi connectivity index (χ0) is 14.5. The summed E-state index contributed by atoms with van der Waals surface area (Å²) < 4.78 is 31.7. The van der Waals surface area contributed by atoms with Crippen LogP contribution in [0.5, 0.6) is 0 Å². The van der Waals surface area contributed by atoms with Crippen molar-refractivity contribution >= 4 is 15.7 Å². The van der Waals surface area contributed by atoms with Crippen molar-refractivity contribution in [3.63, 3.8) is 0 Å². The summed E-state index contributed by atoms with van der Waals surface area (Å²) in [6.07, 6.45) is 0. The number of sulfonamides is 1. The largest absolute Gasteiger partial charge is 0.397 e. The molecule has 7 heteroatoms. The van der Waals surface area contributed by atoms with Gasteiger partial charge in [0.05, 0.1) is 25.5 Å². The second-order valence-corrected chi connectivity index (χ2v) is 5.88. The van der Waals surface area contributed by atoms with Crippen LogP contribution in [0.1, 0.15) is 11.1 Å². The second kappa shape index (κ2) is 6.85. The Morgan fingerprint density at radius 2 is 1.89 bits per heavy atom. The normalized spacial score (nSPS) is 11.7. The molecule has 0 aromatic heterocycles. The van der Waals surface area contributed by atoms with E-state index in [1.807, 2.05) is 0 Å². The monoisotopic (exact) mass is 288 g/mol. The van der Waals surface area contributed by atoms with Crippen LogP contribution in [0, 0.1) is 13.8 Å². The maximum Gasteiger partial charge on any atom is 0.242 e. The summed E-state index contributed by atoms with van der Waals surface area (Å²) in [5.74, 6) is 0. The summed E-state index contributed by atoms with van der Waals surface area (Å²) in [4.78, 5) is 0.120. The highest BCUT2D eigenvalue weighted by Crippen LogP contribution is 2.25. The van der Waals surface area contributed by atoms with E-state index in [4.69, 9.17) is 15.6 Å². The Kier molecular flexibility index (Phi) is 5.74. The molecule has 0 radical (unpaired) electrons. The van der Waals surface area contributed by atoms with Gasteiger partial charge in [-0.3, -0.25) is 0 Å². The third-order valence-corrected chi connectivity index (χ3v) is 4.32. The number of aliphatic hydroxyl groups is 1. The summed E-state index contributed by atoms with van der Waals surface area (Å²) in [6, 6.07) is 3.51. The van der Waals surface area contributed by atoms with Crippen LogP contribution >= 0.6 is 0 Å². The first kappa shape index (κ1) is 15.9. The molecule has 0 saturated carbocycles. The number of nitrogens with one attached hydrogen (secondary N) is 1. The van der Waals surface area contributed by atoms with E-state index in [0.717, 1.165) is 5.56 Å². The minimum absolute atomic E-state index is 0.0866. The van der Waals surface area contributed by atoms with Crippen LogP contribution in [-0.4, -0.2) is 39.9 Å². The zero-order valence-electron chi connectivity index (χ0n) is 11.1. The number of aliphatic hydroxyl groups excluding tert-OH is 1. The van der Waals surface area contributed by atoms with E-state index in [2.05, 4.69) is 4.72 Å². The average molecular weight is 288 g/mol. The van der Waals surface area contributed by atoms with Gasteiger partial charge in [0.2, 0.25) is 10.0 Å². The first-order chi connectivity index (χ1) is 8.90. The van der Waals surface area contributed by atoms with Crippen molar-refractivity contribution in [2.24, 2.45) is 0 Å². The van der Waals surface area contributed by atoms with Gasteiger partial charge in [-0.1, -0.05) is 12.1 Å². The summed E-state index contributed by atoms with van der Waals surface area (Å²) in [5, 5.41) is 8.53. The molecule has 0 fully saturated rings. The molecule has 0 aliphatic rings. The van der Waals surface area contributed by atoms with E-state index in [-0.39, 0.29) is 36.9 Å². The summed E-state index contributed by atoms with van der Waals surface area (Å²) in [6.45, 7) is 3.90. The van der Waals surface area contributed by atoms with Crippen LogP contribution in [0.25, 0.3) is 0 Å². The third-order valence-electron chi connectivity index (χ3n) is 2.65.